The monoisotopic (exact) mass is 378 g/mol. The number of anilines is 1. The van der Waals surface area contributed by atoms with E-state index in [-0.39, 0.29) is 15.7 Å². The molecule has 2 aliphatic rings. The van der Waals surface area contributed by atoms with Crippen LogP contribution in [0.1, 0.15) is 24.3 Å². The molecule has 7 heteroatoms. The molecule has 1 saturated heterocycles. The Morgan fingerprint density at radius 1 is 1.00 bits per heavy atom. The second-order valence-electron chi connectivity index (χ2n) is 7.10. The number of likely N-dealkylation sites (tertiary alicyclic amines) is 1. The van der Waals surface area contributed by atoms with Crippen LogP contribution in [-0.4, -0.2) is 39.5 Å². The second-order valence-corrected chi connectivity index (χ2v) is 9.05. The number of nitrogens with zero attached hydrogens (tertiary/aromatic N) is 1. The van der Waals surface area contributed by atoms with Crippen LogP contribution in [-0.2, 0) is 9.84 Å². The van der Waals surface area contributed by atoms with E-state index >= 15 is 0 Å². The number of nitrogens with one attached hydrogen (secondary N) is 1. The molecule has 1 N–H and O–H groups in total. The van der Waals surface area contributed by atoms with Gasteiger partial charge in [-0.1, -0.05) is 0 Å². The van der Waals surface area contributed by atoms with Crippen LogP contribution in [0.4, 0.5) is 14.5 Å². The lowest BCUT2D eigenvalue weighted by atomic mass is 9.91. The highest BCUT2D eigenvalue weighted by Gasteiger charge is 2.35. The maximum Gasteiger partial charge on any atom is 0.206 e. The molecule has 2 aliphatic heterocycles. The molecule has 0 radical (unpaired) electrons. The number of halogens is 2. The largest absolute Gasteiger partial charge is 0.381 e. The molecule has 2 atom stereocenters. The molecule has 4 rings (SSSR count). The van der Waals surface area contributed by atoms with E-state index in [1.807, 2.05) is 0 Å². The fourth-order valence-corrected chi connectivity index (χ4v) is 5.28. The van der Waals surface area contributed by atoms with Gasteiger partial charge in [-0.2, -0.15) is 0 Å². The predicted octanol–water partition coefficient (Wildman–Crippen LogP) is 3.40. The molecule has 138 valence electrons. The second kappa shape index (κ2) is 6.32. The van der Waals surface area contributed by atoms with Gasteiger partial charge in [0.15, 0.2) is 0 Å². The lowest BCUT2D eigenvalue weighted by Crippen LogP contribution is -2.22. The van der Waals surface area contributed by atoms with E-state index in [2.05, 4.69) is 17.3 Å². The number of fused-ring (bicyclic) bond motifs is 3. The fourth-order valence-electron chi connectivity index (χ4n) is 3.94. The zero-order valence-corrected chi connectivity index (χ0v) is 15.2. The summed E-state index contributed by atoms with van der Waals surface area (Å²) in [5.41, 5.74) is 1.93. The van der Waals surface area contributed by atoms with Crippen LogP contribution in [0.15, 0.2) is 46.2 Å². The number of hydrogen-bond acceptors (Lipinski definition) is 4. The lowest BCUT2D eigenvalue weighted by Gasteiger charge is -2.16. The van der Waals surface area contributed by atoms with Crippen molar-refractivity contribution >= 4 is 15.5 Å². The first-order chi connectivity index (χ1) is 12.3. The average molecular weight is 378 g/mol. The normalized spacial score (nSPS) is 23.0. The predicted molar refractivity (Wildman–Crippen MR) is 95.1 cm³/mol. The number of rotatable bonds is 2. The average Bonchev–Trinajstić information content (AvgIpc) is 2.83. The third-order valence-corrected chi connectivity index (χ3v) is 7.08. The summed E-state index contributed by atoms with van der Waals surface area (Å²) in [6.45, 7) is 1.95. The molecule has 26 heavy (non-hydrogen) atoms. The lowest BCUT2D eigenvalue weighted by molar-refractivity contribution is 0.346. The van der Waals surface area contributed by atoms with E-state index in [0.717, 1.165) is 49.3 Å². The summed E-state index contributed by atoms with van der Waals surface area (Å²) >= 11 is 0. The molecule has 0 aromatic heterocycles. The Morgan fingerprint density at radius 3 is 2.42 bits per heavy atom. The highest BCUT2D eigenvalue weighted by Crippen LogP contribution is 2.42. The van der Waals surface area contributed by atoms with Crippen molar-refractivity contribution < 1.29 is 17.2 Å². The van der Waals surface area contributed by atoms with Crippen LogP contribution in [0.25, 0.3) is 0 Å². The molecule has 2 heterocycles. The SMILES string of the molecule is CN1CC[C@@H]2Nc3ccc(S(=O)(=O)c4cc(F)cc(F)c4)cc3[C@@H]2CC1. The van der Waals surface area contributed by atoms with Crippen molar-refractivity contribution in [3.05, 3.63) is 53.6 Å². The van der Waals surface area contributed by atoms with Crippen molar-refractivity contribution in [2.45, 2.75) is 34.6 Å². The zero-order valence-electron chi connectivity index (χ0n) is 14.4. The summed E-state index contributed by atoms with van der Waals surface area (Å²) in [5, 5.41) is 3.49. The summed E-state index contributed by atoms with van der Waals surface area (Å²) in [6.07, 6.45) is 1.94. The summed E-state index contributed by atoms with van der Waals surface area (Å²) in [4.78, 5) is 1.98. The van der Waals surface area contributed by atoms with E-state index < -0.39 is 21.5 Å². The van der Waals surface area contributed by atoms with Gasteiger partial charge in [-0.15, -0.1) is 0 Å². The summed E-state index contributed by atoms with van der Waals surface area (Å²) in [6, 6.07) is 7.59. The first-order valence-electron chi connectivity index (χ1n) is 8.65. The van der Waals surface area contributed by atoms with Crippen molar-refractivity contribution in [2.75, 3.05) is 25.5 Å². The molecule has 0 amide bonds. The summed E-state index contributed by atoms with van der Waals surface area (Å²) < 4.78 is 52.7. The smallest absolute Gasteiger partial charge is 0.206 e. The van der Waals surface area contributed by atoms with Crippen molar-refractivity contribution in [1.82, 2.24) is 4.90 Å². The first kappa shape index (κ1) is 17.4. The maximum absolute atomic E-state index is 13.5. The van der Waals surface area contributed by atoms with Crippen molar-refractivity contribution in [3.63, 3.8) is 0 Å². The van der Waals surface area contributed by atoms with E-state index in [1.54, 1.807) is 12.1 Å². The van der Waals surface area contributed by atoms with E-state index in [0.29, 0.717) is 12.1 Å². The molecular formula is C19H20F2N2O2S. The number of hydrogen-bond donors (Lipinski definition) is 1. The van der Waals surface area contributed by atoms with Gasteiger partial charge in [-0.25, -0.2) is 17.2 Å². The Balaban J connectivity index is 1.74. The van der Waals surface area contributed by atoms with Crippen LogP contribution in [0.5, 0.6) is 0 Å². The van der Waals surface area contributed by atoms with Crippen LogP contribution in [0.2, 0.25) is 0 Å². The summed E-state index contributed by atoms with van der Waals surface area (Å²) in [5.74, 6) is -1.56. The van der Waals surface area contributed by atoms with E-state index in [4.69, 9.17) is 0 Å². The molecule has 4 nitrogen and oxygen atoms in total. The summed E-state index contributed by atoms with van der Waals surface area (Å²) in [7, 11) is -1.90. The third-order valence-electron chi connectivity index (χ3n) is 5.35. The van der Waals surface area contributed by atoms with E-state index in [9.17, 15) is 17.2 Å². The molecule has 1 fully saturated rings. The minimum Gasteiger partial charge on any atom is -0.381 e. The van der Waals surface area contributed by atoms with Crippen LogP contribution in [0.3, 0.4) is 0 Å². The van der Waals surface area contributed by atoms with Gasteiger partial charge in [-0.3, -0.25) is 0 Å². The van der Waals surface area contributed by atoms with Crippen molar-refractivity contribution in [1.29, 1.82) is 0 Å². The van der Waals surface area contributed by atoms with Gasteiger partial charge < -0.3 is 10.2 Å². The van der Waals surface area contributed by atoms with Gasteiger partial charge >= 0.3 is 0 Å². The Hall–Kier alpha value is -1.99. The van der Waals surface area contributed by atoms with Crippen LogP contribution in [0, 0.1) is 11.6 Å². The quantitative estimate of drug-likeness (QED) is 0.870. The van der Waals surface area contributed by atoms with Crippen molar-refractivity contribution in [3.8, 4) is 0 Å². The Kier molecular flexibility index (Phi) is 4.23. The molecule has 0 aliphatic carbocycles. The fraction of sp³-hybridized carbons (Fsp3) is 0.368. The standard InChI is InChI=1S/C19H20F2N2O2S/c1-23-6-4-16-17-11-14(2-3-18(17)22-19(16)5-7-23)26(24,25)15-9-12(20)8-13(21)10-15/h2-3,8-11,16,19,22H,4-7H2,1H3/t16-,19-/m0/s1. The van der Waals surface area contributed by atoms with Crippen LogP contribution < -0.4 is 5.32 Å². The number of sulfone groups is 1. The Labute approximate surface area is 151 Å². The number of benzene rings is 2. The van der Waals surface area contributed by atoms with Gasteiger partial charge in [0.25, 0.3) is 0 Å². The molecule has 0 spiro atoms. The highest BCUT2D eigenvalue weighted by atomic mass is 32.2. The van der Waals surface area contributed by atoms with Gasteiger partial charge in [0, 0.05) is 23.7 Å². The molecule has 0 bridgehead atoms. The topological polar surface area (TPSA) is 49.4 Å². The minimum absolute atomic E-state index is 0.0706. The third kappa shape index (κ3) is 2.99. The molecular weight excluding hydrogens is 358 g/mol. The molecule has 0 unspecified atom stereocenters. The maximum atomic E-state index is 13.5. The van der Waals surface area contributed by atoms with Gasteiger partial charge in [-0.05, 0) is 68.9 Å². The van der Waals surface area contributed by atoms with Gasteiger partial charge in [0.2, 0.25) is 9.84 Å². The Bertz CT molecular complexity index is 942. The highest BCUT2D eigenvalue weighted by molar-refractivity contribution is 7.91. The minimum atomic E-state index is -3.98. The van der Waals surface area contributed by atoms with Crippen LogP contribution >= 0.6 is 0 Å². The van der Waals surface area contributed by atoms with E-state index in [1.165, 1.54) is 6.07 Å². The zero-order chi connectivity index (χ0) is 18.5. The van der Waals surface area contributed by atoms with Gasteiger partial charge in [0.1, 0.15) is 11.6 Å². The first-order valence-corrected chi connectivity index (χ1v) is 10.1. The van der Waals surface area contributed by atoms with Crippen molar-refractivity contribution in [2.24, 2.45) is 0 Å². The van der Waals surface area contributed by atoms with Gasteiger partial charge in [0.05, 0.1) is 9.79 Å². The molecule has 2 aromatic rings. The Morgan fingerprint density at radius 2 is 1.69 bits per heavy atom. The molecule has 0 saturated carbocycles. The molecule has 2 aromatic carbocycles.